The van der Waals surface area contributed by atoms with Crippen molar-refractivity contribution >= 4 is 0 Å². The van der Waals surface area contributed by atoms with Crippen molar-refractivity contribution < 1.29 is 9.15 Å². The molecule has 2 aliphatic rings. The number of piperidine rings is 1. The van der Waals surface area contributed by atoms with Crippen LogP contribution in [0.2, 0.25) is 0 Å². The standard InChI is InChI=1S/C20H27N3O2/c1-16-4-5-19(25-16)14-22-8-6-18-13-23(9-10-24-20(18)15-22)12-17-3-2-7-21-11-17/h2-5,7,11,18,20H,6,8-10,12-15H2,1H3/t18-,20+/m1/s1. The van der Waals surface area contributed by atoms with Crippen LogP contribution in [-0.2, 0) is 17.8 Å². The summed E-state index contributed by atoms with van der Waals surface area (Å²) in [4.78, 5) is 9.22. The molecule has 0 N–H and O–H groups in total. The quantitative estimate of drug-likeness (QED) is 0.855. The molecule has 0 radical (unpaired) electrons. The van der Waals surface area contributed by atoms with Gasteiger partial charge in [-0.25, -0.2) is 0 Å². The van der Waals surface area contributed by atoms with E-state index in [9.17, 15) is 0 Å². The minimum atomic E-state index is 0.337. The van der Waals surface area contributed by atoms with Crippen molar-refractivity contribution in [3.05, 3.63) is 53.7 Å². The molecule has 0 spiro atoms. The summed E-state index contributed by atoms with van der Waals surface area (Å²) in [6.45, 7) is 8.91. The maximum Gasteiger partial charge on any atom is 0.118 e. The normalized spacial score (nSPS) is 25.5. The number of furan rings is 1. The summed E-state index contributed by atoms with van der Waals surface area (Å²) in [6, 6.07) is 8.30. The zero-order valence-corrected chi connectivity index (χ0v) is 14.9. The highest BCUT2D eigenvalue weighted by Crippen LogP contribution is 2.26. The van der Waals surface area contributed by atoms with Crippen LogP contribution in [0.1, 0.15) is 23.5 Å². The molecule has 2 saturated heterocycles. The third kappa shape index (κ3) is 4.29. The number of likely N-dealkylation sites (tertiary alicyclic amines) is 1. The van der Waals surface area contributed by atoms with Gasteiger partial charge in [-0.1, -0.05) is 6.07 Å². The van der Waals surface area contributed by atoms with Gasteiger partial charge in [-0.3, -0.25) is 14.8 Å². The van der Waals surface area contributed by atoms with E-state index in [-0.39, 0.29) is 0 Å². The number of hydrogen-bond acceptors (Lipinski definition) is 5. The molecule has 0 aromatic carbocycles. The fourth-order valence-electron chi connectivity index (χ4n) is 4.01. The van der Waals surface area contributed by atoms with Crippen LogP contribution in [0.25, 0.3) is 0 Å². The molecule has 2 aromatic rings. The number of nitrogens with zero attached hydrogens (tertiary/aromatic N) is 3. The molecule has 2 aromatic heterocycles. The average Bonchev–Trinajstić information content (AvgIpc) is 2.91. The van der Waals surface area contributed by atoms with Gasteiger partial charge in [-0.05, 0) is 43.7 Å². The van der Waals surface area contributed by atoms with E-state index in [1.807, 2.05) is 31.5 Å². The number of aromatic nitrogens is 1. The lowest BCUT2D eigenvalue weighted by molar-refractivity contribution is -0.0256. The smallest absolute Gasteiger partial charge is 0.118 e. The van der Waals surface area contributed by atoms with Gasteiger partial charge >= 0.3 is 0 Å². The van der Waals surface area contributed by atoms with E-state index >= 15 is 0 Å². The highest BCUT2D eigenvalue weighted by Gasteiger charge is 2.33. The van der Waals surface area contributed by atoms with Crippen molar-refractivity contribution in [3.8, 4) is 0 Å². The van der Waals surface area contributed by atoms with Gasteiger partial charge in [0.25, 0.3) is 0 Å². The van der Waals surface area contributed by atoms with Gasteiger partial charge in [0, 0.05) is 44.5 Å². The van der Waals surface area contributed by atoms with Gasteiger partial charge in [0.1, 0.15) is 11.5 Å². The molecule has 134 valence electrons. The Labute approximate surface area is 149 Å². The molecule has 2 aliphatic heterocycles. The Morgan fingerprint density at radius 1 is 1.12 bits per heavy atom. The molecule has 4 heterocycles. The maximum absolute atomic E-state index is 6.22. The molecule has 0 unspecified atom stereocenters. The van der Waals surface area contributed by atoms with Crippen LogP contribution in [-0.4, -0.2) is 53.7 Å². The molecule has 5 heteroatoms. The zero-order chi connectivity index (χ0) is 17.1. The summed E-state index contributed by atoms with van der Waals surface area (Å²) < 4.78 is 12.0. The van der Waals surface area contributed by atoms with Crippen molar-refractivity contribution in [2.24, 2.45) is 5.92 Å². The van der Waals surface area contributed by atoms with Crippen molar-refractivity contribution in [1.82, 2.24) is 14.8 Å². The Morgan fingerprint density at radius 2 is 2.04 bits per heavy atom. The van der Waals surface area contributed by atoms with E-state index in [1.165, 1.54) is 12.0 Å². The zero-order valence-electron chi connectivity index (χ0n) is 14.9. The molecule has 2 fully saturated rings. The summed E-state index contributed by atoms with van der Waals surface area (Å²) in [5.41, 5.74) is 1.28. The Morgan fingerprint density at radius 3 is 2.84 bits per heavy atom. The van der Waals surface area contributed by atoms with E-state index in [1.54, 1.807) is 0 Å². The monoisotopic (exact) mass is 341 g/mol. The third-order valence-electron chi connectivity index (χ3n) is 5.32. The maximum atomic E-state index is 6.22. The van der Waals surface area contributed by atoms with Crippen LogP contribution < -0.4 is 0 Å². The number of rotatable bonds is 4. The first kappa shape index (κ1) is 16.8. The molecular weight excluding hydrogens is 314 g/mol. The predicted octanol–water partition coefficient (Wildman–Crippen LogP) is 2.71. The first-order valence-electron chi connectivity index (χ1n) is 9.27. The Bertz CT molecular complexity index is 673. The minimum absolute atomic E-state index is 0.337. The molecule has 25 heavy (non-hydrogen) atoms. The van der Waals surface area contributed by atoms with Crippen LogP contribution >= 0.6 is 0 Å². The lowest BCUT2D eigenvalue weighted by Gasteiger charge is -2.37. The topological polar surface area (TPSA) is 41.7 Å². The predicted molar refractivity (Wildman–Crippen MR) is 96.1 cm³/mol. The van der Waals surface area contributed by atoms with Gasteiger partial charge < -0.3 is 9.15 Å². The summed E-state index contributed by atoms with van der Waals surface area (Å²) >= 11 is 0. The van der Waals surface area contributed by atoms with Crippen LogP contribution in [0.15, 0.2) is 41.1 Å². The fourth-order valence-corrected chi connectivity index (χ4v) is 4.01. The molecule has 5 nitrogen and oxygen atoms in total. The van der Waals surface area contributed by atoms with E-state index in [0.717, 1.165) is 57.4 Å². The Balaban J connectivity index is 1.34. The van der Waals surface area contributed by atoms with E-state index in [2.05, 4.69) is 26.9 Å². The lowest BCUT2D eigenvalue weighted by Crippen LogP contribution is -2.46. The van der Waals surface area contributed by atoms with Crippen molar-refractivity contribution in [1.29, 1.82) is 0 Å². The van der Waals surface area contributed by atoms with E-state index < -0.39 is 0 Å². The van der Waals surface area contributed by atoms with Crippen LogP contribution in [0, 0.1) is 12.8 Å². The summed E-state index contributed by atoms with van der Waals surface area (Å²) in [5.74, 6) is 2.66. The number of hydrogen-bond donors (Lipinski definition) is 0. The largest absolute Gasteiger partial charge is 0.465 e. The highest BCUT2D eigenvalue weighted by molar-refractivity contribution is 5.08. The van der Waals surface area contributed by atoms with Crippen LogP contribution in [0.5, 0.6) is 0 Å². The van der Waals surface area contributed by atoms with Gasteiger partial charge in [0.2, 0.25) is 0 Å². The van der Waals surface area contributed by atoms with E-state index in [4.69, 9.17) is 9.15 Å². The summed E-state index contributed by atoms with van der Waals surface area (Å²) in [7, 11) is 0. The lowest BCUT2D eigenvalue weighted by atomic mass is 9.93. The van der Waals surface area contributed by atoms with Crippen molar-refractivity contribution in [3.63, 3.8) is 0 Å². The highest BCUT2D eigenvalue weighted by atomic mass is 16.5. The number of aryl methyl sites for hydroxylation is 1. The second kappa shape index (κ2) is 7.68. The van der Waals surface area contributed by atoms with Crippen LogP contribution in [0.3, 0.4) is 0 Å². The summed E-state index contributed by atoms with van der Waals surface area (Å²) in [5, 5.41) is 0. The second-order valence-corrected chi connectivity index (χ2v) is 7.30. The molecular formula is C20H27N3O2. The molecule has 0 aliphatic carbocycles. The Hall–Kier alpha value is -1.69. The van der Waals surface area contributed by atoms with Crippen molar-refractivity contribution in [2.45, 2.75) is 32.5 Å². The van der Waals surface area contributed by atoms with Crippen molar-refractivity contribution in [2.75, 3.05) is 32.8 Å². The SMILES string of the molecule is Cc1ccc(CN2CC[C@@H]3CN(Cc4cccnc4)CCO[C@H]3C2)o1. The molecule has 0 saturated carbocycles. The van der Waals surface area contributed by atoms with Crippen LogP contribution in [0.4, 0.5) is 0 Å². The number of fused-ring (bicyclic) bond motifs is 1. The molecule has 2 atom stereocenters. The fraction of sp³-hybridized carbons (Fsp3) is 0.550. The third-order valence-corrected chi connectivity index (χ3v) is 5.32. The van der Waals surface area contributed by atoms with Gasteiger partial charge in [0.15, 0.2) is 0 Å². The first-order valence-corrected chi connectivity index (χ1v) is 9.27. The van der Waals surface area contributed by atoms with Gasteiger partial charge in [0.05, 0.1) is 19.3 Å². The Kier molecular flexibility index (Phi) is 5.15. The molecule has 0 bridgehead atoms. The minimum Gasteiger partial charge on any atom is -0.465 e. The first-order chi connectivity index (χ1) is 12.3. The van der Waals surface area contributed by atoms with E-state index in [0.29, 0.717) is 12.0 Å². The summed E-state index contributed by atoms with van der Waals surface area (Å²) in [6.07, 6.45) is 5.33. The number of pyridine rings is 1. The molecule has 0 amide bonds. The van der Waals surface area contributed by atoms with Gasteiger partial charge in [-0.2, -0.15) is 0 Å². The molecule has 4 rings (SSSR count). The van der Waals surface area contributed by atoms with Gasteiger partial charge in [-0.15, -0.1) is 0 Å². The number of ether oxygens (including phenoxy) is 1. The average molecular weight is 341 g/mol. The second-order valence-electron chi connectivity index (χ2n) is 7.30.